The van der Waals surface area contributed by atoms with E-state index in [1.807, 2.05) is 30.3 Å². The molecule has 22 heavy (non-hydrogen) atoms. The lowest BCUT2D eigenvalue weighted by molar-refractivity contribution is 0.252. The third-order valence-corrected chi connectivity index (χ3v) is 3.81. The number of carbonyl (C=O) groups is 1. The van der Waals surface area contributed by atoms with E-state index in [9.17, 15) is 4.79 Å². The van der Waals surface area contributed by atoms with Crippen LogP contribution in [-0.2, 0) is 0 Å². The summed E-state index contributed by atoms with van der Waals surface area (Å²) in [4.78, 5) is 11.7. The van der Waals surface area contributed by atoms with E-state index >= 15 is 0 Å². The molecule has 114 valence electrons. The minimum Gasteiger partial charge on any atom is -0.494 e. The molecule has 0 unspecified atom stereocenters. The van der Waals surface area contributed by atoms with Crippen LogP contribution in [0.2, 0.25) is 0 Å². The van der Waals surface area contributed by atoms with Gasteiger partial charge >= 0.3 is 6.03 Å². The van der Waals surface area contributed by atoms with Crippen LogP contribution in [0.1, 0.15) is 5.56 Å². The molecule has 0 saturated carbocycles. The molecule has 2 rings (SSSR count). The standard InChI is InChI=1S/C15H13Br2N3O2/c1-22-14-12(16)7-10(8-13(14)17)9-18-20-15(21)19-11-5-3-2-4-6-11/h2-9H,1H3,(H2,19,20,21)/b18-9+. The predicted octanol–water partition coefficient (Wildman–Crippen LogP) is 4.38. The van der Waals surface area contributed by atoms with Crippen LogP contribution in [0.4, 0.5) is 10.5 Å². The fourth-order valence-corrected chi connectivity index (χ4v) is 3.24. The maximum Gasteiger partial charge on any atom is 0.339 e. The zero-order chi connectivity index (χ0) is 15.9. The van der Waals surface area contributed by atoms with E-state index < -0.39 is 6.03 Å². The Hall–Kier alpha value is -1.86. The van der Waals surface area contributed by atoms with Crippen molar-refractivity contribution < 1.29 is 9.53 Å². The fraction of sp³-hybridized carbons (Fsp3) is 0.0667. The van der Waals surface area contributed by atoms with Crippen molar-refractivity contribution in [2.45, 2.75) is 0 Å². The topological polar surface area (TPSA) is 62.7 Å². The largest absolute Gasteiger partial charge is 0.494 e. The maximum atomic E-state index is 11.7. The van der Waals surface area contributed by atoms with Crippen LogP contribution in [0.25, 0.3) is 0 Å². The lowest BCUT2D eigenvalue weighted by atomic mass is 10.2. The molecule has 0 spiro atoms. The van der Waals surface area contributed by atoms with Gasteiger partial charge in [-0.05, 0) is 61.7 Å². The number of carbonyl (C=O) groups excluding carboxylic acids is 1. The van der Waals surface area contributed by atoms with Gasteiger partial charge in [-0.15, -0.1) is 0 Å². The summed E-state index contributed by atoms with van der Waals surface area (Å²) in [6.07, 6.45) is 1.54. The molecule has 0 fully saturated rings. The quantitative estimate of drug-likeness (QED) is 0.563. The zero-order valence-electron chi connectivity index (χ0n) is 11.6. The van der Waals surface area contributed by atoms with Gasteiger partial charge in [-0.1, -0.05) is 18.2 Å². The molecule has 0 saturated heterocycles. The molecule has 2 aromatic rings. The number of rotatable bonds is 4. The number of nitrogens with zero attached hydrogens (tertiary/aromatic N) is 1. The Kier molecular flexibility index (Phi) is 5.97. The number of hydrogen-bond donors (Lipinski definition) is 2. The molecular formula is C15H13Br2N3O2. The molecule has 2 aromatic carbocycles. The van der Waals surface area contributed by atoms with Gasteiger partial charge in [-0.3, -0.25) is 0 Å². The van der Waals surface area contributed by atoms with Gasteiger partial charge in [-0.2, -0.15) is 5.10 Å². The number of urea groups is 1. The van der Waals surface area contributed by atoms with E-state index in [2.05, 4.69) is 47.7 Å². The van der Waals surface area contributed by atoms with E-state index in [-0.39, 0.29) is 0 Å². The first-order valence-corrected chi connectivity index (χ1v) is 7.87. The first-order valence-electron chi connectivity index (χ1n) is 6.28. The average Bonchev–Trinajstić information content (AvgIpc) is 2.48. The highest BCUT2D eigenvalue weighted by atomic mass is 79.9. The van der Waals surface area contributed by atoms with Gasteiger partial charge < -0.3 is 10.1 Å². The number of para-hydroxylation sites is 1. The van der Waals surface area contributed by atoms with Crippen LogP contribution in [0.15, 0.2) is 56.5 Å². The minimum atomic E-state index is -0.408. The summed E-state index contributed by atoms with van der Waals surface area (Å²) in [6.45, 7) is 0. The highest BCUT2D eigenvalue weighted by Crippen LogP contribution is 2.33. The number of amides is 2. The summed E-state index contributed by atoms with van der Waals surface area (Å²) in [7, 11) is 1.59. The SMILES string of the molecule is COc1c(Br)cc(/C=N/NC(=O)Nc2ccccc2)cc1Br. The van der Waals surface area contributed by atoms with Gasteiger partial charge in [-0.25, -0.2) is 10.2 Å². The number of methoxy groups -OCH3 is 1. The summed E-state index contributed by atoms with van der Waals surface area (Å²) in [5.74, 6) is 0.701. The van der Waals surface area contributed by atoms with Gasteiger partial charge in [0.2, 0.25) is 0 Å². The van der Waals surface area contributed by atoms with E-state index in [4.69, 9.17) is 4.74 Å². The monoisotopic (exact) mass is 425 g/mol. The second-order valence-electron chi connectivity index (χ2n) is 4.21. The summed E-state index contributed by atoms with van der Waals surface area (Å²) in [5.41, 5.74) is 3.91. The van der Waals surface area contributed by atoms with Gasteiger partial charge in [0.1, 0.15) is 5.75 Å². The molecule has 0 aromatic heterocycles. The Morgan fingerprint density at radius 3 is 2.41 bits per heavy atom. The molecule has 0 atom stereocenters. The molecule has 0 aliphatic rings. The number of ether oxygens (including phenoxy) is 1. The van der Waals surface area contributed by atoms with Crippen molar-refractivity contribution >= 4 is 49.8 Å². The zero-order valence-corrected chi connectivity index (χ0v) is 14.8. The average molecular weight is 427 g/mol. The lowest BCUT2D eigenvalue weighted by Crippen LogP contribution is -2.24. The highest BCUT2D eigenvalue weighted by molar-refractivity contribution is 9.11. The van der Waals surface area contributed by atoms with Gasteiger partial charge in [0.05, 0.1) is 22.3 Å². The summed E-state index contributed by atoms with van der Waals surface area (Å²) < 4.78 is 6.80. The number of benzene rings is 2. The molecular weight excluding hydrogens is 414 g/mol. The van der Waals surface area contributed by atoms with Crippen LogP contribution in [0, 0.1) is 0 Å². The number of hydrogen-bond acceptors (Lipinski definition) is 3. The maximum absolute atomic E-state index is 11.7. The number of halogens is 2. The molecule has 0 aliphatic carbocycles. The third-order valence-electron chi connectivity index (χ3n) is 2.64. The summed E-state index contributed by atoms with van der Waals surface area (Å²) >= 11 is 6.81. The van der Waals surface area contributed by atoms with Crippen molar-refractivity contribution in [3.8, 4) is 5.75 Å². The lowest BCUT2D eigenvalue weighted by Gasteiger charge is -2.07. The Bertz CT molecular complexity index is 667. The normalized spacial score (nSPS) is 10.5. The first kappa shape index (κ1) is 16.5. The van der Waals surface area contributed by atoms with Crippen molar-refractivity contribution in [2.24, 2.45) is 5.10 Å². The van der Waals surface area contributed by atoms with E-state index in [0.717, 1.165) is 14.5 Å². The molecule has 7 heteroatoms. The van der Waals surface area contributed by atoms with Crippen molar-refractivity contribution in [3.05, 3.63) is 57.0 Å². The molecule has 0 radical (unpaired) electrons. The van der Waals surface area contributed by atoms with E-state index in [0.29, 0.717) is 11.4 Å². The van der Waals surface area contributed by atoms with E-state index in [1.165, 1.54) is 0 Å². The molecule has 0 heterocycles. The second-order valence-corrected chi connectivity index (χ2v) is 5.92. The predicted molar refractivity (Wildman–Crippen MR) is 94.6 cm³/mol. The number of anilines is 1. The molecule has 2 amide bonds. The Labute approximate surface area is 145 Å². The molecule has 0 bridgehead atoms. The van der Waals surface area contributed by atoms with Crippen molar-refractivity contribution in [1.29, 1.82) is 0 Å². The second kappa shape index (κ2) is 7.95. The van der Waals surface area contributed by atoms with Crippen LogP contribution in [0.5, 0.6) is 5.75 Å². The third kappa shape index (κ3) is 4.57. The Morgan fingerprint density at radius 2 is 1.82 bits per heavy atom. The van der Waals surface area contributed by atoms with Crippen molar-refractivity contribution in [1.82, 2.24) is 5.43 Å². The first-order chi connectivity index (χ1) is 10.6. The minimum absolute atomic E-state index is 0.408. The summed E-state index contributed by atoms with van der Waals surface area (Å²) in [6, 6.07) is 12.4. The number of nitrogens with one attached hydrogen (secondary N) is 2. The van der Waals surface area contributed by atoms with Crippen LogP contribution < -0.4 is 15.5 Å². The van der Waals surface area contributed by atoms with E-state index in [1.54, 1.807) is 25.5 Å². The highest BCUT2D eigenvalue weighted by Gasteiger charge is 2.06. The Morgan fingerprint density at radius 1 is 1.18 bits per heavy atom. The Balaban J connectivity index is 1.96. The smallest absolute Gasteiger partial charge is 0.339 e. The van der Waals surface area contributed by atoms with Gasteiger partial charge in [0.25, 0.3) is 0 Å². The molecule has 2 N–H and O–H groups in total. The van der Waals surface area contributed by atoms with Crippen molar-refractivity contribution in [3.63, 3.8) is 0 Å². The van der Waals surface area contributed by atoms with Gasteiger partial charge in [0, 0.05) is 5.69 Å². The van der Waals surface area contributed by atoms with Crippen LogP contribution in [-0.4, -0.2) is 19.4 Å². The van der Waals surface area contributed by atoms with Crippen molar-refractivity contribution in [2.75, 3.05) is 12.4 Å². The molecule has 0 aliphatic heterocycles. The fourth-order valence-electron chi connectivity index (χ4n) is 1.70. The molecule has 5 nitrogen and oxygen atoms in total. The van der Waals surface area contributed by atoms with Crippen LogP contribution >= 0.6 is 31.9 Å². The van der Waals surface area contributed by atoms with Crippen LogP contribution in [0.3, 0.4) is 0 Å². The number of hydrazone groups is 1. The van der Waals surface area contributed by atoms with Gasteiger partial charge in [0.15, 0.2) is 0 Å². The summed E-state index contributed by atoms with van der Waals surface area (Å²) in [5, 5.41) is 6.57.